The van der Waals surface area contributed by atoms with Crippen LogP contribution in [0.5, 0.6) is 0 Å². The van der Waals surface area contributed by atoms with E-state index >= 15 is 0 Å². The molecule has 1 fully saturated rings. The second-order valence-electron chi connectivity index (χ2n) is 5.62. The van der Waals surface area contributed by atoms with E-state index in [9.17, 15) is 4.79 Å². The molecule has 0 bridgehead atoms. The van der Waals surface area contributed by atoms with Gasteiger partial charge in [-0.05, 0) is 51.0 Å². The maximum Gasteiger partial charge on any atom is 0.190 e. The first kappa shape index (κ1) is 15.2. The molecule has 0 spiro atoms. The number of hydrogen-bond donors (Lipinski definition) is 0. The minimum atomic E-state index is 0.0759. The van der Waals surface area contributed by atoms with Gasteiger partial charge in [-0.25, -0.2) is 4.99 Å². The summed E-state index contributed by atoms with van der Waals surface area (Å²) >= 11 is 1.64. The molecular weight excluding hydrogens is 296 g/mol. The van der Waals surface area contributed by atoms with Crippen LogP contribution in [0.15, 0.2) is 34.6 Å². The Bertz CT molecular complexity index is 722. The number of ketones is 1. The number of ether oxygens (including phenoxy) is 1. The van der Waals surface area contributed by atoms with Gasteiger partial charge in [0.05, 0.1) is 18.3 Å². The third-order valence-electron chi connectivity index (χ3n) is 3.90. The quantitative estimate of drug-likeness (QED) is 0.811. The van der Waals surface area contributed by atoms with Gasteiger partial charge in [0.15, 0.2) is 10.6 Å². The molecule has 1 atom stereocenters. The highest BCUT2D eigenvalue weighted by atomic mass is 32.1. The Balaban J connectivity index is 1.88. The maximum atomic E-state index is 11.3. The van der Waals surface area contributed by atoms with E-state index in [4.69, 9.17) is 9.73 Å². The van der Waals surface area contributed by atoms with Gasteiger partial charge >= 0.3 is 0 Å². The zero-order valence-electron chi connectivity index (χ0n) is 12.9. The summed E-state index contributed by atoms with van der Waals surface area (Å²) in [5.41, 5.74) is 2.79. The van der Waals surface area contributed by atoms with Crippen molar-refractivity contribution in [2.75, 3.05) is 6.61 Å². The summed E-state index contributed by atoms with van der Waals surface area (Å²) in [6, 6.07) is 7.43. The summed E-state index contributed by atoms with van der Waals surface area (Å²) in [4.78, 5) is 17.0. The summed E-state index contributed by atoms with van der Waals surface area (Å²) in [5, 5.41) is 2.12. The molecule has 0 aliphatic carbocycles. The van der Waals surface area contributed by atoms with Gasteiger partial charge in [-0.2, -0.15) is 0 Å². The van der Waals surface area contributed by atoms with Gasteiger partial charge in [0.25, 0.3) is 0 Å². The summed E-state index contributed by atoms with van der Waals surface area (Å²) in [7, 11) is 0. The summed E-state index contributed by atoms with van der Waals surface area (Å²) in [5.74, 6) is 0.0759. The average Bonchev–Trinajstić information content (AvgIpc) is 3.13. The molecule has 2 heterocycles. The van der Waals surface area contributed by atoms with Crippen LogP contribution in [0, 0.1) is 6.92 Å². The lowest BCUT2D eigenvalue weighted by Crippen LogP contribution is -2.24. The predicted octanol–water partition coefficient (Wildman–Crippen LogP) is 3.47. The van der Waals surface area contributed by atoms with Crippen LogP contribution < -0.4 is 4.80 Å². The number of nitrogens with zero attached hydrogens (tertiary/aromatic N) is 2. The van der Waals surface area contributed by atoms with E-state index in [1.807, 2.05) is 24.3 Å². The highest BCUT2D eigenvalue weighted by Crippen LogP contribution is 2.16. The van der Waals surface area contributed by atoms with E-state index in [0.717, 1.165) is 36.5 Å². The zero-order valence-corrected chi connectivity index (χ0v) is 13.7. The molecule has 0 radical (unpaired) electrons. The monoisotopic (exact) mass is 316 g/mol. The van der Waals surface area contributed by atoms with Crippen LogP contribution in [-0.4, -0.2) is 23.1 Å². The molecule has 0 saturated carbocycles. The number of benzene rings is 1. The van der Waals surface area contributed by atoms with Crippen LogP contribution in [0.3, 0.4) is 0 Å². The van der Waals surface area contributed by atoms with Crippen molar-refractivity contribution in [1.82, 2.24) is 4.57 Å². The van der Waals surface area contributed by atoms with E-state index in [-0.39, 0.29) is 5.78 Å². The third-order valence-corrected chi connectivity index (χ3v) is 4.88. The largest absolute Gasteiger partial charge is 0.376 e. The Hall–Kier alpha value is -1.72. The third kappa shape index (κ3) is 3.36. The van der Waals surface area contributed by atoms with Gasteiger partial charge < -0.3 is 9.30 Å². The van der Waals surface area contributed by atoms with Gasteiger partial charge in [0, 0.05) is 23.2 Å². The molecule has 4 nitrogen and oxygen atoms in total. The van der Waals surface area contributed by atoms with E-state index in [1.54, 1.807) is 18.3 Å². The number of carbonyl (C=O) groups excluding carboxylic acids is 1. The number of thiazole rings is 1. The van der Waals surface area contributed by atoms with Crippen molar-refractivity contribution in [1.29, 1.82) is 0 Å². The van der Waals surface area contributed by atoms with Crippen molar-refractivity contribution >= 4 is 22.8 Å². The fourth-order valence-electron chi connectivity index (χ4n) is 2.60. The molecule has 1 aromatic heterocycles. The number of Topliss-reactive ketones (excluding diaryl/α,β-unsaturated/α-hetero) is 1. The van der Waals surface area contributed by atoms with Crippen molar-refractivity contribution in [3.8, 4) is 0 Å². The second kappa shape index (κ2) is 6.58. The standard InChI is InChI=1S/C17H20N2O2S/c1-12-11-22-17(19(12)10-16-4-3-9-21-16)18-15-7-5-14(6-8-15)13(2)20/h5-8,11,16H,3-4,9-10H2,1-2H3/t16-/m0/s1. The number of aromatic nitrogens is 1. The van der Waals surface area contributed by atoms with Gasteiger partial charge in [-0.1, -0.05) is 0 Å². The highest BCUT2D eigenvalue weighted by Gasteiger charge is 2.17. The topological polar surface area (TPSA) is 43.6 Å². The first-order chi connectivity index (χ1) is 10.6. The summed E-state index contributed by atoms with van der Waals surface area (Å²) in [6.07, 6.45) is 2.56. The molecule has 1 saturated heterocycles. The molecule has 0 unspecified atom stereocenters. The Morgan fingerprint density at radius 1 is 1.41 bits per heavy atom. The number of hydrogen-bond acceptors (Lipinski definition) is 4. The van der Waals surface area contributed by atoms with E-state index in [0.29, 0.717) is 11.7 Å². The van der Waals surface area contributed by atoms with Gasteiger partial charge in [0.1, 0.15) is 0 Å². The van der Waals surface area contributed by atoms with Crippen molar-refractivity contribution in [3.63, 3.8) is 0 Å². The molecule has 1 aromatic carbocycles. The molecule has 0 N–H and O–H groups in total. The smallest absolute Gasteiger partial charge is 0.190 e. The molecule has 116 valence electrons. The van der Waals surface area contributed by atoms with E-state index in [2.05, 4.69) is 16.9 Å². The van der Waals surface area contributed by atoms with Crippen molar-refractivity contribution in [2.45, 2.75) is 39.3 Å². The van der Waals surface area contributed by atoms with Crippen molar-refractivity contribution in [3.05, 3.63) is 45.7 Å². The molecule has 0 amide bonds. The summed E-state index contributed by atoms with van der Waals surface area (Å²) < 4.78 is 7.95. The Kier molecular flexibility index (Phi) is 4.55. The van der Waals surface area contributed by atoms with E-state index < -0.39 is 0 Å². The molecule has 22 heavy (non-hydrogen) atoms. The van der Waals surface area contributed by atoms with Crippen LogP contribution in [0.4, 0.5) is 5.69 Å². The Morgan fingerprint density at radius 3 is 2.82 bits per heavy atom. The van der Waals surface area contributed by atoms with Gasteiger partial charge in [-0.15, -0.1) is 11.3 Å². The van der Waals surface area contributed by atoms with Crippen LogP contribution in [0.2, 0.25) is 0 Å². The van der Waals surface area contributed by atoms with Gasteiger partial charge in [0.2, 0.25) is 0 Å². The SMILES string of the molecule is CC(=O)c1ccc(N=c2scc(C)n2C[C@@H]2CCCO2)cc1. The fraction of sp³-hybridized carbons (Fsp3) is 0.412. The maximum absolute atomic E-state index is 11.3. The lowest BCUT2D eigenvalue weighted by atomic mass is 10.1. The Labute approximate surface area is 134 Å². The van der Waals surface area contributed by atoms with Crippen LogP contribution in [-0.2, 0) is 11.3 Å². The lowest BCUT2D eigenvalue weighted by Gasteiger charge is -2.12. The number of aryl methyl sites for hydroxylation is 1. The predicted molar refractivity (Wildman–Crippen MR) is 87.7 cm³/mol. The van der Waals surface area contributed by atoms with Gasteiger partial charge in [-0.3, -0.25) is 4.79 Å². The summed E-state index contributed by atoms with van der Waals surface area (Å²) in [6.45, 7) is 5.40. The molecule has 5 heteroatoms. The minimum absolute atomic E-state index is 0.0759. The molecule has 1 aliphatic heterocycles. The lowest BCUT2D eigenvalue weighted by molar-refractivity contribution is 0.0959. The first-order valence-electron chi connectivity index (χ1n) is 7.56. The molecule has 2 aromatic rings. The van der Waals surface area contributed by atoms with Crippen LogP contribution in [0.25, 0.3) is 0 Å². The highest BCUT2D eigenvalue weighted by molar-refractivity contribution is 7.07. The normalized spacial score (nSPS) is 18.8. The fourth-order valence-corrected chi connectivity index (χ4v) is 3.51. The first-order valence-corrected chi connectivity index (χ1v) is 8.44. The van der Waals surface area contributed by atoms with Crippen LogP contribution in [0.1, 0.15) is 35.8 Å². The second-order valence-corrected chi connectivity index (χ2v) is 6.46. The van der Waals surface area contributed by atoms with Crippen molar-refractivity contribution in [2.24, 2.45) is 4.99 Å². The molecule has 1 aliphatic rings. The molecule has 3 rings (SSSR count). The number of carbonyl (C=O) groups is 1. The van der Waals surface area contributed by atoms with E-state index in [1.165, 1.54) is 5.69 Å². The average molecular weight is 316 g/mol. The van der Waals surface area contributed by atoms with Crippen LogP contribution >= 0.6 is 11.3 Å². The van der Waals surface area contributed by atoms with Crippen molar-refractivity contribution < 1.29 is 9.53 Å². The Morgan fingerprint density at radius 2 is 2.18 bits per heavy atom. The molecular formula is C17H20N2O2S. The number of rotatable bonds is 4. The zero-order chi connectivity index (χ0) is 15.5. The minimum Gasteiger partial charge on any atom is -0.376 e.